The SMILES string of the molecule is C=C(C=N/C(=C\N)N1CCN(c2nnc(Cc3ccccc3)c(C)c2C)C[C@H]1C)C(C)=O. The zero-order valence-electron chi connectivity index (χ0n) is 19.4. The summed E-state index contributed by atoms with van der Waals surface area (Å²) >= 11 is 0. The van der Waals surface area contributed by atoms with Gasteiger partial charge in [0.2, 0.25) is 0 Å². The van der Waals surface area contributed by atoms with Crippen LogP contribution in [0.3, 0.4) is 0 Å². The largest absolute Gasteiger partial charge is 0.402 e. The summed E-state index contributed by atoms with van der Waals surface area (Å²) < 4.78 is 0. The van der Waals surface area contributed by atoms with E-state index >= 15 is 0 Å². The fourth-order valence-electron chi connectivity index (χ4n) is 3.84. The summed E-state index contributed by atoms with van der Waals surface area (Å²) in [6.07, 6.45) is 3.73. The van der Waals surface area contributed by atoms with Crippen LogP contribution in [-0.4, -0.2) is 52.8 Å². The Hall–Kier alpha value is -3.48. The number of benzene rings is 1. The topological polar surface area (TPSA) is 87.7 Å². The molecule has 1 aromatic heterocycles. The van der Waals surface area contributed by atoms with Crippen molar-refractivity contribution >= 4 is 17.8 Å². The van der Waals surface area contributed by atoms with Crippen molar-refractivity contribution < 1.29 is 4.79 Å². The molecule has 0 saturated carbocycles. The van der Waals surface area contributed by atoms with Crippen LogP contribution in [-0.2, 0) is 11.2 Å². The average molecular weight is 433 g/mol. The van der Waals surface area contributed by atoms with Gasteiger partial charge < -0.3 is 15.5 Å². The van der Waals surface area contributed by atoms with Crippen LogP contribution in [0, 0.1) is 13.8 Å². The lowest BCUT2D eigenvalue weighted by atomic mass is 10.0. The predicted molar refractivity (Wildman–Crippen MR) is 130 cm³/mol. The molecule has 3 rings (SSSR count). The molecule has 0 bridgehead atoms. The molecular formula is C25H32N6O. The lowest BCUT2D eigenvalue weighted by Crippen LogP contribution is -2.51. The zero-order chi connectivity index (χ0) is 23.3. The van der Waals surface area contributed by atoms with E-state index in [4.69, 9.17) is 5.73 Å². The summed E-state index contributed by atoms with van der Waals surface area (Å²) in [5, 5.41) is 9.17. The van der Waals surface area contributed by atoms with E-state index in [9.17, 15) is 4.79 Å². The maximum absolute atomic E-state index is 11.4. The number of nitrogens with two attached hydrogens (primary N) is 1. The van der Waals surface area contributed by atoms with Crippen LogP contribution in [0.4, 0.5) is 5.82 Å². The van der Waals surface area contributed by atoms with Crippen molar-refractivity contribution in [2.24, 2.45) is 10.7 Å². The highest BCUT2D eigenvalue weighted by Crippen LogP contribution is 2.26. The molecule has 2 aromatic rings. The first kappa shape index (κ1) is 23.2. The van der Waals surface area contributed by atoms with E-state index in [1.54, 1.807) is 0 Å². The van der Waals surface area contributed by atoms with Crippen LogP contribution in [0.5, 0.6) is 0 Å². The number of nitrogens with zero attached hydrogens (tertiary/aromatic N) is 5. The second-order valence-electron chi connectivity index (χ2n) is 8.24. The highest BCUT2D eigenvalue weighted by molar-refractivity contribution is 6.11. The Labute approximate surface area is 190 Å². The average Bonchev–Trinajstić information content (AvgIpc) is 2.78. The summed E-state index contributed by atoms with van der Waals surface area (Å²) in [5.74, 6) is 1.46. The van der Waals surface area contributed by atoms with Crippen LogP contribution in [0.1, 0.15) is 36.2 Å². The van der Waals surface area contributed by atoms with Crippen molar-refractivity contribution in [3.63, 3.8) is 0 Å². The van der Waals surface area contributed by atoms with Gasteiger partial charge in [-0.25, -0.2) is 4.99 Å². The molecule has 1 atom stereocenters. The standard InChI is InChI=1S/C25H32N6O/c1-17(21(5)32)15-27-24(14-26)31-12-11-30(16-18(31)2)25-20(4)19(3)23(28-29-25)13-22-9-7-6-8-10-22/h6-10,14-15,18H,1,11-13,16,26H2,2-5H3/b24-14+,27-15?/t18-/m1/s1. The minimum absolute atomic E-state index is 0.108. The normalized spacial score (nSPS) is 17.1. The molecule has 7 nitrogen and oxygen atoms in total. The number of aliphatic imine (C=N–C) groups is 1. The van der Waals surface area contributed by atoms with Crippen molar-refractivity contribution in [2.75, 3.05) is 24.5 Å². The van der Waals surface area contributed by atoms with Crippen molar-refractivity contribution in [3.05, 3.63) is 76.9 Å². The minimum atomic E-state index is -0.108. The maximum Gasteiger partial charge on any atom is 0.160 e. The summed E-state index contributed by atoms with van der Waals surface area (Å²) in [5.41, 5.74) is 10.8. The third kappa shape index (κ3) is 5.22. The molecular weight excluding hydrogens is 400 g/mol. The van der Waals surface area contributed by atoms with E-state index in [1.165, 1.54) is 30.5 Å². The molecule has 1 aliphatic rings. The molecule has 1 saturated heterocycles. The van der Waals surface area contributed by atoms with Crippen LogP contribution >= 0.6 is 0 Å². The Bertz CT molecular complexity index is 1040. The molecule has 0 amide bonds. The minimum Gasteiger partial charge on any atom is -0.402 e. The third-order valence-corrected chi connectivity index (χ3v) is 5.99. The van der Waals surface area contributed by atoms with Gasteiger partial charge in [-0.15, -0.1) is 5.10 Å². The molecule has 32 heavy (non-hydrogen) atoms. The van der Waals surface area contributed by atoms with Gasteiger partial charge in [0.05, 0.1) is 5.69 Å². The lowest BCUT2D eigenvalue weighted by molar-refractivity contribution is -0.113. The van der Waals surface area contributed by atoms with Gasteiger partial charge in [0, 0.05) is 50.1 Å². The molecule has 0 radical (unpaired) electrons. The van der Waals surface area contributed by atoms with E-state index in [-0.39, 0.29) is 11.8 Å². The predicted octanol–water partition coefficient (Wildman–Crippen LogP) is 3.17. The smallest absolute Gasteiger partial charge is 0.160 e. The van der Waals surface area contributed by atoms with E-state index in [0.717, 1.165) is 43.1 Å². The molecule has 0 unspecified atom stereocenters. The van der Waals surface area contributed by atoms with Gasteiger partial charge in [-0.05, 0) is 44.4 Å². The number of carbonyl (C=O) groups is 1. The fraction of sp³-hybridized carbons (Fsp3) is 0.360. The van der Waals surface area contributed by atoms with Crippen LogP contribution in [0.25, 0.3) is 0 Å². The van der Waals surface area contributed by atoms with Gasteiger partial charge in [-0.2, -0.15) is 5.10 Å². The second-order valence-corrected chi connectivity index (χ2v) is 8.24. The Morgan fingerprint density at radius 3 is 2.56 bits per heavy atom. The lowest BCUT2D eigenvalue weighted by Gasteiger charge is -2.41. The molecule has 2 N–H and O–H groups in total. The first-order chi connectivity index (χ1) is 15.3. The van der Waals surface area contributed by atoms with E-state index in [1.807, 2.05) is 18.2 Å². The number of aromatic nitrogens is 2. The molecule has 0 aliphatic carbocycles. The number of hydrogen-bond donors (Lipinski definition) is 1. The molecule has 1 aliphatic heterocycles. The molecule has 0 spiro atoms. The first-order valence-electron chi connectivity index (χ1n) is 10.9. The zero-order valence-corrected chi connectivity index (χ0v) is 19.4. The quantitative estimate of drug-likeness (QED) is 0.534. The van der Waals surface area contributed by atoms with Gasteiger partial charge in [0.15, 0.2) is 11.6 Å². The number of rotatable bonds is 7. The Morgan fingerprint density at radius 2 is 1.94 bits per heavy atom. The van der Waals surface area contributed by atoms with E-state index in [2.05, 4.69) is 64.5 Å². The molecule has 168 valence electrons. The van der Waals surface area contributed by atoms with Gasteiger partial charge in [-0.1, -0.05) is 36.9 Å². The van der Waals surface area contributed by atoms with Gasteiger partial charge in [0.25, 0.3) is 0 Å². The maximum atomic E-state index is 11.4. The summed E-state index contributed by atoms with van der Waals surface area (Å²) in [6, 6.07) is 10.5. The van der Waals surface area contributed by atoms with Crippen LogP contribution in [0.2, 0.25) is 0 Å². The number of piperazine rings is 1. The summed E-state index contributed by atoms with van der Waals surface area (Å²) in [7, 11) is 0. The van der Waals surface area contributed by atoms with Crippen molar-refractivity contribution in [2.45, 2.75) is 40.2 Å². The van der Waals surface area contributed by atoms with Crippen LogP contribution in [0.15, 0.2) is 59.5 Å². The number of hydrogen-bond acceptors (Lipinski definition) is 7. The molecule has 2 heterocycles. The monoisotopic (exact) mass is 432 g/mol. The van der Waals surface area contributed by atoms with Crippen molar-refractivity contribution in [1.29, 1.82) is 0 Å². The molecule has 1 fully saturated rings. The Balaban J connectivity index is 1.73. The Kier molecular flexibility index (Phi) is 7.41. The van der Waals surface area contributed by atoms with E-state index < -0.39 is 0 Å². The number of Topliss-reactive ketones (excluding diaryl/α,β-unsaturated/α-hetero) is 1. The highest BCUT2D eigenvalue weighted by atomic mass is 16.1. The fourth-order valence-corrected chi connectivity index (χ4v) is 3.84. The first-order valence-corrected chi connectivity index (χ1v) is 10.9. The number of anilines is 1. The number of carbonyl (C=O) groups excluding carboxylic acids is 1. The Morgan fingerprint density at radius 1 is 1.22 bits per heavy atom. The highest BCUT2D eigenvalue weighted by Gasteiger charge is 2.27. The van der Waals surface area contributed by atoms with Gasteiger partial charge >= 0.3 is 0 Å². The van der Waals surface area contributed by atoms with Gasteiger partial charge in [0.1, 0.15) is 5.82 Å². The number of ketones is 1. The molecule has 1 aromatic carbocycles. The summed E-state index contributed by atoms with van der Waals surface area (Å²) in [4.78, 5) is 20.2. The van der Waals surface area contributed by atoms with Crippen molar-refractivity contribution in [3.8, 4) is 0 Å². The molecule has 7 heteroatoms. The second kappa shape index (κ2) is 10.2. The summed E-state index contributed by atoms with van der Waals surface area (Å²) in [6.45, 7) is 13.8. The van der Waals surface area contributed by atoms with E-state index in [0.29, 0.717) is 11.4 Å². The van der Waals surface area contributed by atoms with Crippen molar-refractivity contribution in [1.82, 2.24) is 15.1 Å². The van der Waals surface area contributed by atoms with Crippen LogP contribution < -0.4 is 10.6 Å². The number of allylic oxidation sites excluding steroid dienone is 1. The third-order valence-electron chi connectivity index (χ3n) is 5.99. The van der Waals surface area contributed by atoms with Gasteiger partial charge in [-0.3, -0.25) is 4.79 Å².